The predicted molar refractivity (Wildman–Crippen MR) is 94.0 cm³/mol. The van der Waals surface area contributed by atoms with E-state index in [1.54, 1.807) is 29.5 Å². The fraction of sp³-hybridized carbons (Fsp3) is 0.389. The Kier molecular flexibility index (Phi) is 3.64. The molecule has 2 aromatic rings. The fourth-order valence-electron chi connectivity index (χ4n) is 3.50. The van der Waals surface area contributed by atoms with E-state index >= 15 is 0 Å². The molecular formula is C18H20N2O3S. The Bertz CT molecular complexity index is 815. The van der Waals surface area contributed by atoms with E-state index in [1.807, 2.05) is 0 Å². The summed E-state index contributed by atoms with van der Waals surface area (Å²) in [5, 5.41) is 17.2. The molecule has 2 aliphatic rings. The van der Waals surface area contributed by atoms with Crippen LogP contribution in [0.3, 0.4) is 0 Å². The van der Waals surface area contributed by atoms with Gasteiger partial charge in [-0.05, 0) is 48.4 Å². The summed E-state index contributed by atoms with van der Waals surface area (Å²) in [5.74, 6) is 1.14. The monoisotopic (exact) mass is 344 g/mol. The Balaban J connectivity index is 1.68. The minimum Gasteiger partial charge on any atom is -0.504 e. The lowest BCUT2D eigenvalue weighted by atomic mass is 9.88. The first-order valence-corrected chi connectivity index (χ1v) is 8.97. The first kappa shape index (κ1) is 15.3. The second-order valence-corrected chi connectivity index (χ2v) is 7.64. The number of aromatic hydroxyl groups is 1. The predicted octanol–water partition coefficient (Wildman–Crippen LogP) is 3.44. The number of ether oxygens (including phenoxy) is 1. The Labute approximate surface area is 144 Å². The summed E-state index contributed by atoms with van der Waals surface area (Å²) in [6.07, 6.45) is 2.86. The fourth-order valence-corrected chi connectivity index (χ4v) is 4.94. The summed E-state index contributed by atoms with van der Waals surface area (Å²) in [6, 6.07) is 5.11. The number of thiophene rings is 1. The first-order chi connectivity index (χ1) is 11.6. The first-order valence-electron chi connectivity index (χ1n) is 8.15. The lowest BCUT2D eigenvalue weighted by Crippen LogP contribution is -2.38. The van der Waals surface area contributed by atoms with Gasteiger partial charge < -0.3 is 20.5 Å². The molecule has 2 atom stereocenters. The molecule has 4 rings (SSSR count). The van der Waals surface area contributed by atoms with Gasteiger partial charge >= 0.3 is 0 Å². The van der Waals surface area contributed by atoms with Crippen LogP contribution >= 0.6 is 11.3 Å². The number of amides is 1. The van der Waals surface area contributed by atoms with E-state index in [-0.39, 0.29) is 17.8 Å². The van der Waals surface area contributed by atoms with Crippen LogP contribution in [0.4, 0.5) is 5.00 Å². The summed E-state index contributed by atoms with van der Waals surface area (Å²) in [6.45, 7) is 2.26. The topological polar surface area (TPSA) is 70.6 Å². The third-order valence-corrected chi connectivity index (χ3v) is 6.01. The van der Waals surface area contributed by atoms with Crippen molar-refractivity contribution in [3.63, 3.8) is 0 Å². The zero-order chi connectivity index (χ0) is 16.8. The lowest BCUT2D eigenvalue weighted by Gasteiger charge is -2.27. The molecule has 1 aromatic carbocycles. The number of hydrogen-bond acceptors (Lipinski definition) is 5. The molecule has 126 valence electrons. The molecule has 0 bridgehead atoms. The number of benzene rings is 1. The maximum Gasteiger partial charge on any atom is 0.256 e. The van der Waals surface area contributed by atoms with E-state index in [9.17, 15) is 9.90 Å². The Morgan fingerprint density at radius 3 is 2.96 bits per heavy atom. The van der Waals surface area contributed by atoms with E-state index in [2.05, 4.69) is 17.6 Å². The number of nitrogens with one attached hydrogen (secondary N) is 2. The van der Waals surface area contributed by atoms with Crippen LogP contribution in [0.1, 0.15) is 45.9 Å². The number of carbonyl (C=O) groups is 1. The molecule has 1 aliphatic heterocycles. The zero-order valence-electron chi connectivity index (χ0n) is 13.7. The molecule has 0 radical (unpaired) electrons. The molecule has 0 saturated heterocycles. The smallest absolute Gasteiger partial charge is 0.256 e. The van der Waals surface area contributed by atoms with Crippen LogP contribution in [0.15, 0.2) is 18.2 Å². The van der Waals surface area contributed by atoms with Crippen molar-refractivity contribution < 1.29 is 14.6 Å². The SMILES string of the molecule is COc1cc(C2NC(=O)c3c(sc4c3CCC(C)C4)N2)ccc1O. The van der Waals surface area contributed by atoms with Crippen LogP contribution in [-0.2, 0) is 12.8 Å². The van der Waals surface area contributed by atoms with E-state index in [1.165, 1.54) is 17.6 Å². The normalized spacial score (nSPS) is 22.2. The van der Waals surface area contributed by atoms with Crippen LogP contribution < -0.4 is 15.4 Å². The number of carbonyl (C=O) groups excluding carboxylic acids is 1. The molecule has 24 heavy (non-hydrogen) atoms. The highest BCUT2D eigenvalue weighted by Gasteiger charge is 2.33. The van der Waals surface area contributed by atoms with Gasteiger partial charge in [-0.15, -0.1) is 11.3 Å². The molecule has 2 heterocycles. The molecule has 5 nitrogen and oxygen atoms in total. The van der Waals surface area contributed by atoms with Gasteiger partial charge in [-0.1, -0.05) is 13.0 Å². The van der Waals surface area contributed by atoms with E-state index in [4.69, 9.17) is 4.74 Å². The highest BCUT2D eigenvalue weighted by molar-refractivity contribution is 7.16. The summed E-state index contributed by atoms with van der Waals surface area (Å²) in [7, 11) is 1.51. The van der Waals surface area contributed by atoms with Gasteiger partial charge in [0.25, 0.3) is 5.91 Å². The van der Waals surface area contributed by atoms with Crippen molar-refractivity contribution in [1.29, 1.82) is 0 Å². The molecule has 0 saturated carbocycles. The van der Waals surface area contributed by atoms with E-state index < -0.39 is 0 Å². The van der Waals surface area contributed by atoms with Crippen molar-refractivity contribution in [2.75, 3.05) is 12.4 Å². The summed E-state index contributed by atoms with van der Waals surface area (Å²) in [4.78, 5) is 14.0. The van der Waals surface area contributed by atoms with Gasteiger partial charge in [0.2, 0.25) is 0 Å². The van der Waals surface area contributed by atoms with Gasteiger partial charge in [-0.25, -0.2) is 0 Å². The van der Waals surface area contributed by atoms with Crippen molar-refractivity contribution in [2.45, 2.75) is 32.4 Å². The molecule has 3 N–H and O–H groups in total. The van der Waals surface area contributed by atoms with Gasteiger partial charge in [0, 0.05) is 4.88 Å². The van der Waals surface area contributed by atoms with Crippen molar-refractivity contribution in [3.8, 4) is 11.5 Å². The molecule has 6 heteroatoms. The molecular weight excluding hydrogens is 324 g/mol. The average molecular weight is 344 g/mol. The maximum absolute atomic E-state index is 12.7. The van der Waals surface area contributed by atoms with Gasteiger partial charge in [0.05, 0.1) is 12.7 Å². The molecule has 0 fully saturated rings. The standard InChI is InChI=1S/C18H20N2O3S/c1-9-3-5-11-14(7-9)24-18-15(11)17(22)19-16(20-18)10-4-6-12(21)13(8-10)23-2/h4,6,8-9,16,20-21H,3,5,7H2,1-2H3,(H,19,22). The van der Waals surface area contributed by atoms with Crippen LogP contribution in [0.5, 0.6) is 11.5 Å². The molecule has 1 aromatic heterocycles. The number of phenolic OH excluding ortho intramolecular Hbond substituents is 1. The van der Waals surface area contributed by atoms with Gasteiger partial charge in [-0.2, -0.15) is 0 Å². The van der Waals surface area contributed by atoms with Crippen molar-refractivity contribution in [3.05, 3.63) is 39.8 Å². The third kappa shape index (κ3) is 2.41. The minimum absolute atomic E-state index is 0.0205. The zero-order valence-corrected chi connectivity index (χ0v) is 14.5. The van der Waals surface area contributed by atoms with Gasteiger partial charge in [0.1, 0.15) is 11.2 Å². The van der Waals surface area contributed by atoms with Gasteiger partial charge in [-0.3, -0.25) is 4.79 Å². The largest absolute Gasteiger partial charge is 0.504 e. The molecule has 1 amide bonds. The number of anilines is 1. The summed E-state index contributed by atoms with van der Waals surface area (Å²) in [5.41, 5.74) is 2.90. The van der Waals surface area contributed by atoms with E-state index in [0.717, 1.165) is 35.4 Å². The Morgan fingerprint density at radius 2 is 2.17 bits per heavy atom. The number of phenols is 1. The Morgan fingerprint density at radius 1 is 1.33 bits per heavy atom. The summed E-state index contributed by atoms with van der Waals surface area (Å²) >= 11 is 1.70. The van der Waals surface area contributed by atoms with Crippen molar-refractivity contribution >= 4 is 22.2 Å². The quantitative estimate of drug-likeness (QED) is 0.780. The van der Waals surface area contributed by atoms with Gasteiger partial charge in [0.15, 0.2) is 11.5 Å². The second-order valence-electron chi connectivity index (χ2n) is 6.54. The number of methoxy groups -OCH3 is 1. The maximum atomic E-state index is 12.7. The second kappa shape index (κ2) is 5.70. The van der Waals surface area contributed by atoms with Crippen LogP contribution in [-0.4, -0.2) is 18.1 Å². The van der Waals surface area contributed by atoms with Crippen molar-refractivity contribution in [1.82, 2.24) is 5.32 Å². The molecule has 2 unspecified atom stereocenters. The summed E-state index contributed by atoms with van der Waals surface area (Å²) < 4.78 is 5.16. The van der Waals surface area contributed by atoms with Crippen molar-refractivity contribution in [2.24, 2.45) is 5.92 Å². The van der Waals surface area contributed by atoms with Crippen LogP contribution in [0.2, 0.25) is 0 Å². The van der Waals surface area contributed by atoms with Crippen LogP contribution in [0.25, 0.3) is 0 Å². The molecule has 0 spiro atoms. The Hall–Kier alpha value is -2.21. The highest BCUT2D eigenvalue weighted by Crippen LogP contribution is 2.43. The highest BCUT2D eigenvalue weighted by atomic mass is 32.1. The minimum atomic E-state index is -0.322. The number of fused-ring (bicyclic) bond motifs is 3. The van der Waals surface area contributed by atoms with E-state index in [0.29, 0.717) is 11.7 Å². The number of rotatable bonds is 2. The third-order valence-electron chi connectivity index (χ3n) is 4.83. The average Bonchev–Trinajstić information content (AvgIpc) is 2.92. The lowest BCUT2D eigenvalue weighted by molar-refractivity contribution is 0.0935. The molecule has 1 aliphatic carbocycles. The van der Waals surface area contributed by atoms with Crippen LogP contribution in [0, 0.1) is 5.92 Å². The number of hydrogen-bond donors (Lipinski definition) is 3.